The molecule has 4 aromatic carbocycles. The molecule has 248 valence electrons. The van der Waals surface area contributed by atoms with E-state index in [0.29, 0.717) is 19.0 Å². The molecule has 0 saturated carbocycles. The molecule has 10 heteroatoms. The van der Waals surface area contributed by atoms with Gasteiger partial charge in [-0.3, -0.25) is 4.98 Å². The topological polar surface area (TPSA) is 166 Å². The second kappa shape index (κ2) is 13.3. The first-order valence-corrected chi connectivity index (χ1v) is 16.2. The fourth-order valence-electron chi connectivity index (χ4n) is 5.84. The van der Waals surface area contributed by atoms with Crippen molar-refractivity contribution in [3.63, 3.8) is 0 Å². The number of guanidine groups is 2. The van der Waals surface area contributed by atoms with Crippen LogP contribution in [-0.2, 0) is 24.0 Å². The van der Waals surface area contributed by atoms with Crippen LogP contribution in [0, 0.1) is 0 Å². The van der Waals surface area contributed by atoms with Crippen LogP contribution in [0.4, 0.5) is 0 Å². The summed E-state index contributed by atoms with van der Waals surface area (Å²) in [5.74, 6) is 0.378. The molecule has 0 bridgehead atoms. The smallest absolute Gasteiger partial charge is 0.189 e. The number of hydrogen-bond acceptors (Lipinski definition) is 6. The molecule has 0 spiro atoms. The number of nitrogens with two attached hydrogens (primary N) is 3. The summed E-state index contributed by atoms with van der Waals surface area (Å²) < 4.78 is 0. The molecular formula is C39H42N10. The molecule has 0 unspecified atom stereocenters. The lowest BCUT2D eigenvalue weighted by Crippen LogP contribution is -2.45. The summed E-state index contributed by atoms with van der Waals surface area (Å²) in [5, 5.41) is 4.32. The highest BCUT2D eigenvalue weighted by atomic mass is 15.1. The van der Waals surface area contributed by atoms with Crippen molar-refractivity contribution in [2.45, 2.75) is 58.7 Å². The Morgan fingerprint density at radius 3 is 2.12 bits per heavy atom. The van der Waals surface area contributed by atoms with Crippen molar-refractivity contribution in [2.24, 2.45) is 27.2 Å². The van der Waals surface area contributed by atoms with Gasteiger partial charge in [0, 0.05) is 27.6 Å². The van der Waals surface area contributed by atoms with Crippen molar-refractivity contribution in [2.75, 3.05) is 0 Å². The molecule has 0 radical (unpaired) electrons. The molecule has 0 atom stereocenters. The normalized spacial score (nSPS) is 12.3. The molecule has 0 aliphatic carbocycles. The Labute approximate surface area is 286 Å². The van der Waals surface area contributed by atoms with Crippen molar-refractivity contribution in [1.82, 2.24) is 25.3 Å². The number of hydrogen-bond donors (Lipinski definition) is 4. The zero-order chi connectivity index (χ0) is 34.8. The molecule has 6 aromatic rings. The number of nitrogens with zero attached hydrogens (tertiary/aromatic N) is 6. The van der Waals surface area contributed by atoms with Gasteiger partial charge < -0.3 is 22.5 Å². The Morgan fingerprint density at radius 1 is 0.694 bits per heavy atom. The van der Waals surface area contributed by atoms with Crippen LogP contribution in [-0.4, -0.2) is 31.9 Å². The second-order valence-electron chi connectivity index (χ2n) is 13.7. The van der Waals surface area contributed by atoms with Crippen molar-refractivity contribution < 1.29 is 0 Å². The quantitative estimate of drug-likeness (QED) is 0.110. The van der Waals surface area contributed by atoms with Crippen molar-refractivity contribution >= 4 is 33.9 Å². The average molecular weight is 651 g/mol. The summed E-state index contributed by atoms with van der Waals surface area (Å²) in [7, 11) is 0. The van der Waals surface area contributed by atoms with E-state index in [1.165, 1.54) is 5.56 Å². The number of nitrogens with one attached hydrogen (secondary N) is 1. The zero-order valence-corrected chi connectivity index (χ0v) is 28.6. The van der Waals surface area contributed by atoms with Gasteiger partial charge in [-0.25, -0.2) is 24.9 Å². The molecule has 10 nitrogen and oxygen atoms in total. The molecule has 49 heavy (non-hydrogen) atoms. The van der Waals surface area contributed by atoms with Crippen LogP contribution < -0.4 is 22.5 Å². The molecule has 2 heterocycles. The number of para-hydroxylation sites is 2. The van der Waals surface area contributed by atoms with E-state index in [4.69, 9.17) is 27.2 Å². The number of aliphatic imine (C=N–C) groups is 2. The standard InChI is InChI=1S/C39H42N10/c1-38(2,3)29-12-6-9-25(19-29)32-22-43-35-27(11-8-14-31(35)48-32)21-45-37(42)49-39(4,5)28-17-15-24(16-18-28)33-30-13-7-10-26(20-44-36(40)41)34(30)47-23-46-33/h6-19,22-23H,20-21H2,1-5H3,(H4,40,41,44)(H3,42,45,49). The van der Waals surface area contributed by atoms with Gasteiger partial charge in [0.15, 0.2) is 11.9 Å². The minimum Gasteiger partial charge on any atom is -0.370 e. The van der Waals surface area contributed by atoms with E-state index in [9.17, 15) is 0 Å². The molecule has 6 rings (SSSR count). The highest BCUT2D eigenvalue weighted by Gasteiger charge is 2.22. The first-order chi connectivity index (χ1) is 23.4. The van der Waals surface area contributed by atoms with Gasteiger partial charge in [0.1, 0.15) is 6.33 Å². The number of rotatable bonds is 8. The lowest BCUT2D eigenvalue weighted by molar-refractivity contribution is 0.483. The predicted octanol–water partition coefficient (Wildman–Crippen LogP) is 6.32. The Bertz CT molecular complexity index is 2190. The van der Waals surface area contributed by atoms with Crippen LogP contribution in [0.5, 0.6) is 0 Å². The van der Waals surface area contributed by atoms with Crippen molar-refractivity contribution in [3.8, 4) is 22.5 Å². The third-order valence-corrected chi connectivity index (χ3v) is 8.60. The van der Waals surface area contributed by atoms with Crippen molar-refractivity contribution in [1.29, 1.82) is 0 Å². The van der Waals surface area contributed by atoms with Gasteiger partial charge in [0.05, 0.1) is 52.8 Å². The van der Waals surface area contributed by atoms with Gasteiger partial charge in [0.2, 0.25) is 0 Å². The van der Waals surface area contributed by atoms with E-state index in [-0.39, 0.29) is 11.4 Å². The molecule has 0 amide bonds. The average Bonchev–Trinajstić information content (AvgIpc) is 3.08. The number of benzene rings is 4. The maximum absolute atomic E-state index is 6.44. The van der Waals surface area contributed by atoms with E-state index in [0.717, 1.165) is 61.1 Å². The zero-order valence-electron chi connectivity index (χ0n) is 28.6. The lowest BCUT2D eigenvalue weighted by atomic mass is 9.86. The Morgan fingerprint density at radius 2 is 1.39 bits per heavy atom. The van der Waals surface area contributed by atoms with Crippen LogP contribution in [0.1, 0.15) is 56.9 Å². The van der Waals surface area contributed by atoms with Gasteiger partial charge in [-0.2, -0.15) is 0 Å². The largest absolute Gasteiger partial charge is 0.370 e. The molecule has 0 aliphatic rings. The SMILES string of the molecule is CC(C)(C)c1cccc(-c2cnc3c(CN=C(N)NC(C)(C)c4ccc(-c5ncnc6c(CN=C(N)N)cccc56)cc4)cccc3n2)c1. The van der Waals surface area contributed by atoms with Gasteiger partial charge in [-0.05, 0) is 42.5 Å². The van der Waals surface area contributed by atoms with E-state index in [1.54, 1.807) is 6.33 Å². The Kier molecular flexibility index (Phi) is 8.97. The Balaban J connectivity index is 1.18. The number of aromatic nitrogens is 4. The fourth-order valence-corrected chi connectivity index (χ4v) is 5.84. The lowest BCUT2D eigenvalue weighted by Gasteiger charge is -2.27. The maximum Gasteiger partial charge on any atom is 0.189 e. The van der Waals surface area contributed by atoms with Crippen LogP contribution in [0.2, 0.25) is 0 Å². The van der Waals surface area contributed by atoms with Crippen LogP contribution in [0.3, 0.4) is 0 Å². The van der Waals surface area contributed by atoms with Gasteiger partial charge in [0.25, 0.3) is 0 Å². The highest BCUT2D eigenvalue weighted by Crippen LogP contribution is 2.30. The summed E-state index contributed by atoms with van der Waals surface area (Å²) in [5.41, 5.74) is 27.4. The maximum atomic E-state index is 6.44. The second-order valence-corrected chi connectivity index (χ2v) is 13.7. The van der Waals surface area contributed by atoms with E-state index < -0.39 is 5.54 Å². The minimum absolute atomic E-state index is 0.0408. The third kappa shape index (κ3) is 7.33. The minimum atomic E-state index is -0.498. The van der Waals surface area contributed by atoms with Gasteiger partial charge >= 0.3 is 0 Å². The summed E-state index contributed by atoms with van der Waals surface area (Å²) in [6, 6.07) is 28.7. The van der Waals surface area contributed by atoms with E-state index in [2.05, 4.69) is 108 Å². The Hall–Kier alpha value is -5.90. The van der Waals surface area contributed by atoms with E-state index >= 15 is 0 Å². The highest BCUT2D eigenvalue weighted by molar-refractivity contribution is 5.94. The molecule has 0 saturated heterocycles. The molecule has 2 aromatic heterocycles. The number of fused-ring (bicyclic) bond motifs is 2. The van der Waals surface area contributed by atoms with Crippen LogP contribution in [0.25, 0.3) is 44.5 Å². The molecular weight excluding hydrogens is 608 g/mol. The first-order valence-electron chi connectivity index (χ1n) is 16.2. The van der Waals surface area contributed by atoms with Crippen LogP contribution >= 0.6 is 0 Å². The fraction of sp³-hybridized carbons (Fsp3) is 0.231. The van der Waals surface area contributed by atoms with Gasteiger partial charge in [-0.15, -0.1) is 0 Å². The van der Waals surface area contributed by atoms with Gasteiger partial charge in [-0.1, -0.05) is 93.6 Å². The van der Waals surface area contributed by atoms with Crippen molar-refractivity contribution in [3.05, 3.63) is 120 Å². The summed E-state index contributed by atoms with van der Waals surface area (Å²) in [6.07, 6.45) is 3.40. The monoisotopic (exact) mass is 650 g/mol. The van der Waals surface area contributed by atoms with E-state index in [1.807, 2.05) is 42.6 Å². The third-order valence-electron chi connectivity index (χ3n) is 8.60. The first kappa shape index (κ1) is 33.0. The summed E-state index contributed by atoms with van der Waals surface area (Å²) >= 11 is 0. The van der Waals surface area contributed by atoms with Crippen LogP contribution in [0.15, 0.2) is 107 Å². The predicted molar refractivity (Wildman–Crippen MR) is 200 cm³/mol. The molecule has 0 aliphatic heterocycles. The molecule has 0 fully saturated rings. The summed E-state index contributed by atoms with van der Waals surface area (Å²) in [6.45, 7) is 11.5. The summed E-state index contributed by atoms with van der Waals surface area (Å²) in [4.78, 5) is 27.7. The molecule has 7 N–H and O–H groups in total.